The van der Waals surface area contributed by atoms with Crippen LogP contribution in [0.2, 0.25) is 5.02 Å². The molecule has 0 aliphatic carbocycles. The Morgan fingerprint density at radius 2 is 2.35 bits per heavy atom. The summed E-state index contributed by atoms with van der Waals surface area (Å²) in [5.74, 6) is 1.24. The lowest BCUT2D eigenvalue weighted by molar-refractivity contribution is -0.0417. The summed E-state index contributed by atoms with van der Waals surface area (Å²) in [4.78, 5) is 0. The summed E-state index contributed by atoms with van der Waals surface area (Å²) in [7, 11) is 0. The first-order chi connectivity index (χ1) is 9.62. The monoisotopic (exact) mass is 295 g/mol. The SMILES string of the molecule is CCC1CNCCC1(O)Cc1cc(Cl)cc2c1OCC2. The number of fused-ring (bicyclic) bond motifs is 1. The van der Waals surface area contributed by atoms with Gasteiger partial charge in [-0.1, -0.05) is 18.5 Å². The number of ether oxygens (including phenoxy) is 1. The lowest BCUT2D eigenvalue weighted by Gasteiger charge is -2.40. The van der Waals surface area contributed by atoms with Crippen LogP contribution in [0.5, 0.6) is 5.75 Å². The molecule has 2 aliphatic rings. The zero-order chi connectivity index (χ0) is 14.2. The van der Waals surface area contributed by atoms with Crippen LogP contribution >= 0.6 is 11.6 Å². The molecule has 0 bridgehead atoms. The van der Waals surface area contributed by atoms with E-state index < -0.39 is 5.60 Å². The zero-order valence-electron chi connectivity index (χ0n) is 11.9. The molecule has 2 aliphatic heterocycles. The highest BCUT2D eigenvalue weighted by Crippen LogP contribution is 2.38. The normalized spacial score (nSPS) is 29.1. The molecule has 0 radical (unpaired) electrons. The third-order valence-electron chi connectivity index (χ3n) is 4.70. The first-order valence-electron chi connectivity index (χ1n) is 7.49. The van der Waals surface area contributed by atoms with E-state index in [1.807, 2.05) is 12.1 Å². The molecule has 110 valence electrons. The minimum atomic E-state index is -0.648. The number of hydrogen-bond acceptors (Lipinski definition) is 3. The van der Waals surface area contributed by atoms with E-state index in [1.54, 1.807) is 0 Å². The van der Waals surface area contributed by atoms with Crippen LogP contribution in [0, 0.1) is 5.92 Å². The van der Waals surface area contributed by atoms with Gasteiger partial charge in [-0.3, -0.25) is 0 Å². The van der Waals surface area contributed by atoms with Crippen LogP contribution in [0.25, 0.3) is 0 Å². The Hall–Kier alpha value is -0.770. The molecule has 1 saturated heterocycles. The molecule has 3 rings (SSSR count). The predicted octanol–water partition coefficient (Wildman–Crippen LogP) is 2.57. The van der Waals surface area contributed by atoms with E-state index in [2.05, 4.69) is 12.2 Å². The van der Waals surface area contributed by atoms with Crippen LogP contribution in [0.3, 0.4) is 0 Å². The van der Waals surface area contributed by atoms with E-state index in [0.29, 0.717) is 6.42 Å². The maximum Gasteiger partial charge on any atom is 0.126 e. The Bertz CT molecular complexity index is 505. The van der Waals surface area contributed by atoms with Gasteiger partial charge < -0.3 is 15.2 Å². The molecule has 2 N–H and O–H groups in total. The summed E-state index contributed by atoms with van der Waals surface area (Å²) < 4.78 is 5.75. The Balaban J connectivity index is 1.90. The summed E-state index contributed by atoms with van der Waals surface area (Å²) >= 11 is 6.21. The largest absolute Gasteiger partial charge is 0.493 e. The number of halogens is 1. The maximum atomic E-state index is 11.1. The van der Waals surface area contributed by atoms with Crippen molar-refractivity contribution in [2.24, 2.45) is 5.92 Å². The number of hydrogen-bond donors (Lipinski definition) is 2. The van der Waals surface area contributed by atoms with Gasteiger partial charge in [0.2, 0.25) is 0 Å². The molecule has 2 heterocycles. The fourth-order valence-corrected chi connectivity index (χ4v) is 3.80. The van der Waals surface area contributed by atoms with Crippen LogP contribution in [0.15, 0.2) is 12.1 Å². The van der Waals surface area contributed by atoms with Gasteiger partial charge in [0.15, 0.2) is 0 Å². The number of aliphatic hydroxyl groups is 1. The number of piperidine rings is 1. The van der Waals surface area contributed by atoms with Crippen molar-refractivity contribution in [1.29, 1.82) is 0 Å². The molecule has 0 aromatic heterocycles. The number of rotatable bonds is 3. The minimum absolute atomic E-state index is 0.285. The summed E-state index contributed by atoms with van der Waals surface area (Å²) in [6.07, 6.45) is 3.32. The molecule has 3 nitrogen and oxygen atoms in total. The van der Waals surface area contributed by atoms with Crippen molar-refractivity contribution in [3.05, 3.63) is 28.3 Å². The van der Waals surface area contributed by atoms with Crippen molar-refractivity contribution in [2.75, 3.05) is 19.7 Å². The Labute approximate surface area is 125 Å². The minimum Gasteiger partial charge on any atom is -0.493 e. The van der Waals surface area contributed by atoms with Gasteiger partial charge in [0.1, 0.15) is 5.75 Å². The predicted molar refractivity (Wildman–Crippen MR) is 80.6 cm³/mol. The van der Waals surface area contributed by atoms with E-state index >= 15 is 0 Å². The quantitative estimate of drug-likeness (QED) is 0.900. The van der Waals surface area contributed by atoms with Crippen LogP contribution in [-0.2, 0) is 12.8 Å². The standard InChI is InChI=1S/C16H22ClNO2/c1-2-13-10-18-5-4-16(13,19)9-12-8-14(17)7-11-3-6-20-15(11)12/h7-8,13,18-19H,2-6,9-10H2,1H3. The van der Waals surface area contributed by atoms with Crippen LogP contribution in [0.4, 0.5) is 0 Å². The number of nitrogens with one attached hydrogen (secondary N) is 1. The van der Waals surface area contributed by atoms with Gasteiger partial charge >= 0.3 is 0 Å². The van der Waals surface area contributed by atoms with E-state index in [9.17, 15) is 5.11 Å². The van der Waals surface area contributed by atoms with Gasteiger partial charge in [-0.15, -0.1) is 0 Å². The molecule has 0 amide bonds. The van der Waals surface area contributed by atoms with E-state index in [0.717, 1.165) is 55.3 Å². The Morgan fingerprint density at radius 3 is 3.15 bits per heavy atom. The summed E-state index contributed by atoms with van der Waals surface area (Å²) in [5, 5.41) is 15.2. The molecule has 1 aromatic carbocycles. The molecule has 20 heavy (non-hydrogen) atoms. The van der Waals surface area contributed by atoms with Crippen molar-refractivity contribution < 1.29 is 9.84 Å². The second kappa shape index (κ2) is 5.55. The maximum absolute atomic E-state index is 11.1. The van der Waals surface area contributed by atoms with Crippen LogP contribution < -0.4 is 10.1 Å². The molecule has 2 atom stereocenters. The van der Waals surface area contributed by atoms with Crippen molar-refractivity contribution in [2.45, 2.75) is 38.2 Å². The van der Waals surface area contributed by atoms with E-state index in [-0.39, 0.29) is 5.92 Å². The summed E-state index contributed by atoms with van der Waals surface area (Å²) in [6.45, 7) is 4.62. The summed E-state index contributed by atoms with van der Waals surface area (Å²) in [5.41, 5.74) is 1.59. The molecular formula is C16H22ClNO2. The lowest BCUT2D eigenvalue weighted by atomic mass is 9.76. The summed E-state index contributed by atoms with van der Waals surface area (Å²) in [6, 6.07) is 3.94. The van der Waals surface area contributed by atoms with E-state index in [1.165, 1.54) is 5.56 Å². The van der Waals surface area contributed by atoms with Gasteiger partial charge in [-0.2, -0.15) is 0 Å². The first kappa shape index (κ1) is 14.2. The highest BCUT2D eigenvalue weighted by Gasteiger charge is 2.39. The zero-order valence-corrected chi connectivity index (χ0v) is 12.7. The third kappa shape index (κ3) is 2.54. The average Bonchev–Trinajstić information content (AvgIpc) is 2.87. The van der Waals surface area contributed by atoms with Gasteiger partial charge in [0.05, 0.1) is 12.2 Å². The smallest absolute Gasteiger partial charge is 0.126 e. The average molecular weight is 296 g/mol. The molecular weight excluding hydrogens is 274 g/mol. The Kier molecular flexibility index (Phi) is 3.93. The third-order valence-corrected chi connectivity index (χ3v) is 4.92. The van der Waals surface area contributed by atoms with Crippen molar-refractivity contribution in [3.8, 4) is 5.75 Å². The van der Waals surface area contributed by atoms with Crippen LogP contribution in [0.1, 0.15) is 30.9 Å². The van der Waals surface area contributed by atoms with Gasteiger partial charge in [0, 0.05) is 30.3 Å². The molecule has 4 heteroatoms. The second-order valence-electron chi connectivity index (χ2n) is 5.99. The topological polar surface area (TPSA) is 41.5 Å². The highest BCUT2D eigenvalue weighted by molar-refractivity contribution is 6.30. The number of benzene rings is 1. The van der Waals surface area contributed by atoms with E-state index in [4.69, 9.17) is 16.3 Å². The van der Waals surface area contributed by atoms with Crippen molar-refractivity contribution >= 4 is 11.6 Å². The van der Waals surface area contributed by atoms with Gasteiger partial charge in [-0.25, -0.2) is 0 Å². The fraction of sp³-hybridized carbons (Fsp3) is 0.625. The Morgan fingerprint density at radius 1 is 1.50 bits per heavy atom. The molecule has 1 aromatic rings. The molecule has 0 spiro atoms. The van der Waals surface area contributed by atoms with Gasteiger partial charge in [0.25, 0.3) is 0 Å². The molecule has 2 unspecified atom stereocenters. The van der Waals surface area contributed by atoms with Crippen molar-refractivity contribution in [1.82, 2.24) is 5.32 Å². The second-order valence-corrected chi connectivity index (χ2v) is 6.43. The first-order valence-corrected chi connectivity index (χ1v) is 7.87. The fourth-order valence-electron chi connectivity index (χ4n) is 3.54. The van der Waals surface area contributed by atoms with Crippen LogP contribution in [-0.4, -0.2) is 30.4 Å². The van der Waals surface area contributed by atoms with Crippen molar-refractivity contribution in [3.63, 3.8) is 0 Å². The lowest BCUT2D eigenvalue weighted by Crippen LogP contribution is -2.51. The molecule has 1 fully saturated rings. The highest BCUT2D eigenvalue weighted by atomic mass is 35.5. The van der Waals surface area contributed by atoms with Gasteiger partial charge in [-0.05, 0) is 42.6 Å². The molecule has 0 saturated carbocycles.